The number of methoxy groups -OCH3 is 2. The number of benzene rings is 3. The van der Waals surface area contributed by atoms with Gasteiger partial charge in [-0.3, -0.25) is 9.69 Å². The molecule has 1 amide bonds. The third-order valence-corrected chi connectivity index (χ3v) is 5.50. The number of carbonyl (C=O) groups excluding carboxylic acids is 1. The number of hydrogen-bond acceptors (Lipinski definition) is 5. The lowest BCUT2D eigenvalue weighted by atomic mass is 10.2. The topological polar surface area (TPSA) is 51.1 Å². The minimum atomic E-state index is -0.103. The number of rotatable bonds is 5. The fourth-order valence-corrected chi connectivity index (χ4v) is 3.97. The van der Waals surface area contributed by atoms with Crippen LogP contribution in [0.3, 0.4) is 0 Å². The van der Waals surface area contributed by atoms with Gasteiger partial charge in [0.1, 0.15) is 11.5 Å². The normalized spacial score (nSPS) is 16.3. The van der Waals surface area contributed by atoms with Gasteiger partial charge in [-0.2, -0.15) is 0 Å². The number of nitrogens with zero attached hydrogens (tertiary/aromatic N) is 2. The smallest absolute Gasteiger partial charge is 0.271 e. The van der Waals surface area contributed by atoms with Crippen molar-refractivity contribution >= 4 is 40.3 Å². The van der Waals surface area contributed by atoms with Crippen molar-refractivity contribution in [2.75, 3.05) is 19.1 Å². The van der Waals surface area contributed by atoms with Crippen LogP contribution in [0.5, 0.6) is 11.5 Å². The van der Waals surface area contributed by atoms with Gasteiger partial charge in [-0.25, -0.2) is 4.99 Å². The maximum Gasteiger partial charge on any atom is 0.271 e. The summed E-state index contributed by atoms with van der Waals surface area (Å²) in [5, 5.41) is 0.608. The van der Waals surface area contributed by atoms with Crippen LogP contribution in [0.1, 0.15) is 5.56 Å². The molecule has 0 unspecified atom stereocenters. The van der Waals surface area contributed by atoms with Gasteiger partial charge < -0.3 is 9.47 Å². The Labute approximate surface area is 179 Å². The van der Waals surface area contributed by atoms with Gasteiger partial charge in [0, 0.05) is 0 Å². The standard InChI is InChI=1S/C24H20N2O3S/c1-28-20-12-8-17(9-13-20)16-22-23(27)26(19-6-4-3-5-7-19)24(30-22)25-18-10-14-21(29-2)15-11-18/h3-16H,1-2H3. The van der Waals surface area contributed by atoms with E-state index in [0.29, 0.717) is 10.1 Å². The monoisotopic (exact) mass is 416 g/mol. The summed E-state index contributed by atoms with van der Waals surface area (Å²) in [6.45, 7) is 0. The fraction of sp³-hybridized carbons (Fsp3) is 0.0833. The van der Waals surface area contributed by atoms with E-state index in [9.17, 15) is 4.79 Å². The maximum atomic E-state index is 13.2. The third-order valence-electron chi connectivity index (χ3n) is 4.53. The van der Waals surface area contributed by atoms with Crippen molar-refractivity contribution in [3.63, 3.8) is 0 Å². The molecular formula is C24H20N2O3S. The first-order chi connectivity index (χ1) is 14.7. The molecule has 1 saturated heterocycles. The summed E-state index contributed by atoms with van der Waals surface area (Å²) < 4.78 is 10.4. The molecule has 0 saturated carbocycles. The summed E-state index contributed by atoms with van der Waals surface area (Å²) in [6, 6.07) is 24.6. The Morgan fingerprint density at radius 1 is 0.833 bits per heavy atom. The van der Waals surface area contributed by atoms with Crippen LogP contribution in [-0.4, -0.2) is 25.3 Å². The van der Waals surface area contributed by atoms with Gasteiger partial charge in [0.15, 0.2) is 5.17 Å². The summed E-state index contributed by atoms with van der Waals surface area (Å²) in [5.41, 5.74) is 2.45. The average Bonchev–Trinajstić information content (AvgIpc) is 3.10. The molecule has 1 aliphatic rings. The Bertz CT molecular complexity index is 1090. The lowest BCUT2D eigenvalue weighted by molar-refractivity contribution is -0.113. The van der Waals surface area contributed by atoms with Crippen molar-refractivity contribution in [1.82, 2.24) is 0 Å². The van der Waals surface area contributed by atoms with E-state index >= 15 is 0 Å². The van der Waals surface area contributed by atoms with Crippen molar-refractivity contribution in [3.05, 3.63) is 89.3 Å². The van der Waals surface area contributed by atoms with E-state index in [-0.39, 0.29) is 5.91 Å². The first-order valence-electron chi connectivity index (χ1n) is 9.34. The molecule has 0 N–H and O–H groups in total. The molecule has 0 spiro atoms. The van der Waals surface area contributed by atoms with Gasteiger partial charge in [0.05, 0.1) is 30.5 Å². The summed E-state index contributed by atoms with van der Waals surface area (Å²) in [5.74, 6) is 1.43. The molecule has 0 bridgehead atoms. The zero-order valence-corrected chi connectivity index (χ0v) is 17.4. The van der Waals surface area contributed by atoms with Gasteiger partial charge in [-0.1, -0.05) is 30.3 Å². The number of aliphatic imine (C=N–C) groups is 1. The van der Waals surface area contributed by atoms with Crippen LogP contribution in [0, 0.1) is 0 Å². The van der Waals surface area contributed by atoms with Gasteiger partial charge in [0.2, 0.25) is 0 Å². The summed E-state index contributed by atoms with van der Waals surface area (Å²) >= 11 is 1.36. The number of thioether (sulfide) groups is 1. The molecule has 4 rings (SSSR count). The Kier molecular flexibility index (Phi) is 5.86. The van der Waals surface area contributed by atoms with Crippen molar-refractivity contribution in [2.24, 2.45) is 4.99 Å². The Balaban J connectivity index is 1.71. The summed E-state index contributed by atoms with van der Waals surface area (Å²) in [7, 11) is 3.25. The largest absolute Gasteiger partial charge is 0.497 e. The van der Waals surface area contributed by atoms with Crippen LogP contribution in [-0.2, 0) is 4.79 Å². The van der Waals surface area contributed by atoms with Crippen molar-refractivity contribution < 1.29 is 14.3 Å². The van der Waals surface area contributed by atoms with E-state index in [1.165, 1.54) is 11.8 Å². The van der Waals surface area contributed by atoms with E-state index in [2.05, 4.69) is 0 Å². The molecule has 0 aliphatic carbocycles. The molecule has 1 fully saturated rings. The fourth-order valence-electron chi connectivity index (χ4n) is 2.97. The second-order valence-electron chi connectivity index (χ2n) is 6.45. The molecule has 1 aliphatic heterocycles. The highest BCUT2D eigenvalue weighted by Crippen LogP contribution is 2.37. The lowest BCUT2D eigenvalue weighted by Gasteiger charge is -2.15. The van der Waals surface area contributed by atoms with E-state index < -0.39 is 0 Å². The zero-order chi connectivity index (χ0) is 20.9. The van der Waals surface area contributed by atoms with E-state index in [1.807, 2.05) is 84.9 Å². The molecule has 0 aromatic heterocycles. The molecule has 0 radical (unpaired) electrons. The highest BCUT2D eigenvalue weighted by atomic mass is 32.2. The van der Waals surface area contributed by atoms with E-state index in [0.717, 1.165) is 28.4 Å². The second kappa shape index (κ2) is 8.88. The number of anilines is 1. The molecule has 1 heterocycles. The van der Waals surface area contributed by atoms with E-state index in [4.69, 9.17) is 14.5 Å². The predicted octanol–water partition coefficient (Wildman–Crippen LogP) is 5.51. The second-order valence-corrected chi connectivity index (χ2v) is 7.46. The molecular weight excluding hydrogens is 396 g/mol. The van der Waals surface area contributed by atoms with Crippen LogP contribution in [0.25, 0.3) is 6.08 Å². The van der Waals surface area contributed by atoms with Crippen LogP contribution in [0.15, 0.2) is 88.8 Å². The van der Waals surface area contributed by atoms with Gasteiger partial charge in [-0.05, 0) is 71.9 Å². The molecule has 3 aromatic rings. The summed E-state index contributed by atoms with van der Waals surface area (Å²) in [4.78, 5) is 20.2. The van der Waals surface area contributed by atoms with Crippen molar-refractivity contribution in [3.8, 4) is 11.5 Å². The van der Waals surface area contributed by atoms with Gasteiger partial charge in [0.25, 0.3) is 5.91 Å². The molecule has 150 valence electrons. The first kappa shape index (κ1) is 19.8. The van der Waals surface area contributed by atoms with Gasteiger partial charge in [-0.15, -0.1) is 0 Å². The molecule has 6 heteroatoms. The maximum absolute atomic E-state index is 13.2. The highest BCUT2D eigenvalue weighted by molar-refractivity contribution is 8.19. The van der Waals surface area contributed by atoms with Crippen molar-refractivity contribution in [1.29, 1.82) is 0 Å². The minimum Gasteiger partial charge on any atom is -0.497 e. The number of hydrogen-bond donors (Lipinski definition) is 0. The lowest BCUT2D eigenvalue weighted by Crippen LogP contribution is -2.28. The first-order valence-corrected chi connectivity index (χ1v) is 10.2. The highest BCUT2D eigenvalue weighted by Gasteiger charge is 2.34. The molecule has 0 atom stereocenters. The number of ether oxygens (including phenoxy) is 2. The van der Waals surface area contributed by atoms with Crippen LogP contribution in [0.2, 0.25) is 0 Å². The van der Waals surface area contributed by atoms with Gasteiger partial charge >= 0.3 is 0 Å². The number of para-hydroxylation sites is 1. The van der Waals surface area contributed by atoms with Crippen LogP contribution >= 0.6 is 11.8 Å². The average molecular weight is 417 g/mol. The third kappa shape index (κ3) is 4.23. The Hall–Kier alpha value is -3.51. The SMILES string of the molecule is COc1ccc(C=C2SC(=Nc3ccc(OC)cc3)N(c3ccccc3)C2=O)cc1. The zero-order valence-electron chi connectivity index (χ0n) is 16.6. The predicted molar refractivity (Wildman–Crippen MR) is 123 cm³/mol. The molecule has 3 aromatic carbocycles. The Morgan fingerprint density at radius 2 is 1.43 bits per heavy atom. The minimum absolute atomic E-state index is 0.103. The van der Waals surface area contributed by atoms with Crippen LogP contribution in [0.4, 0.5) is 11.4 Å². The Morgan fingerprint density at radius 3 is 2.03 bits per heavy atom. The summed E-state index contributed by atoms with van der Waals surface area (Å²) in [6.07, 6.45) is 1.87. The number of amides is 1. The van der Waals surface area contributed by atoms with E-state index in [1.54, 1.807) is 19.1 Å². The molecule has 30 heavy (non-hydrogen) atoms. The quantitative estimate of drug-likeness (QED) is 0.515. The van der Waals surface area contributed by atoms with Crippen molar-refractivity contribution in [2.45, 2.75) is 0 Å². The number of amidine groups is 1. The number of carbonyl (C=O) groups is 1. The van der Waals surface area contributed by atoms with Crippen LogP contribution < -0.4 is 14.4 Å². The molecule has 5 nitrogen and oxygen atoms in total.